The van der Waals surface area contributed by atoms with Gasteiger partial charge in [0.05, 0.1) is 11.8 Å². The van der Waals surface area contributed by atoms with Crippen molar-refractivity contribution in [2.24, 2.45) is 0 Å². The van der Waals surface area contributed by atoms with Crippen LogP contribution in [0, 0.1) is 6.92 Å². The molecule has 0 spiro atoms. The molecular weight excluding hydrogens is 264 g/mol. The average molecular weight is 290 g/mol. The highest BCUT2D eigenvalue weighted by molar-refractivity contribution is 5.38. The molecule has 0 saturated carbocycles. The smallest absolute Gasteiger partial charge is 0.151 e. The highest BCUT2D eigenvalue weighted by Crippen LogP contribution is 2.18. The largest absolute Gasteiger partial charge is 0.377 e. The SMILES string of the molecule is Cc1ccc(N2CCC[C@H](NC[C@@H]3CCCCO3)C2)nn1. The van der Waals surface area contributed by atoms with Gasteiger partial charge in [0.1, 0.15) is 0 Å². The van der Waals surface area contributed by atoms with E-state index in [4.69, 9.17) is 4.74 Å². The lowest BCUT2D eigenvalue weighted by Gasteiger charge is -2.35. The van der Waals surface area contributed by atoms with Crippen molar-refractivity contribution < 1.29 is 4.74 Å². The molecule has 0 aliphatic carbocycles. The molecule has 1 aromatic heterocycles. The van der Waals surface area contributed by atoms with Crippen LogP contribution in [0.4, 0.5) is 5.82 Å². The van der Waals surface area contributed by atoms with E-state index in [1.54, 1.807) is 0 Å². The monoisotopic (exact) mass is 290 g/mol. The van der Waals surface area contributed by atoms with Gasteiger partial charge in [0.2, 0.25) is 0 Å². The van der Waals surface area contributed by atoms with Gasteiger partial charge in [-0.2, -0.15) is 5.10 Å². The third-order valence-corrected chi connectivity index (χ3v) is 4.44. The Balaban J connectivity index is 1.49. The summed E-state index contributed by atoms with van der Waals surface area (Å²) in [6.07, 6.45) is 6.59. The van der Waals surface area contributed by atoms with E-state index in [-0.39, 0.29) is 0 Å². The van der Waals surface area contributed by atoms with Gasteiger partial charge in [0, 0.05) is 32.3 Å². The van der Waals surface area contributed by atoms with Crippen molar-refractivity contribution in [3.05, 3.63) is 17.8 Å². The summed E-state index contributed by atoms with van der Waals surface area (Å²) in [6.45, 7) is 5.99. The Bertz CT molecular complexity index is 430. The van der Waals surface area contributed by atoms with Crippen LogP contribution in [0.3, 0.4) is 0 Å². The van der Waals surface area contributed by atoms with Gasteiger partial charge in [0.25, 0.3) is 0 Å². The zero-order valence-electron chi connectivity index (χ0n) is 12.9. The van der Waals surface area contributed by atoms with Gasteiger partial charge >= 0.3 is 0 Å². The number of nitrogens with zero attached hydrogens (tertiary/aromatic N) is 3. The first-order valence-electron chi connectivity index (χ1n) is 8.21. The fourth-order valence-corrected chi connectivity index (χ4v) is 3.18. The lowest BCUT2D eigenvalue weighted by atomic mass is 10.0. The average Bonchev–Trinajstić information content (AvgIpc) is 2.55. The van der Waals surface area contributed by atoms with E-state index >= 15 is 0 Å². The number of ether oxygens (including phenoxy) is 1. The Kier molecular flexibility index (Phi) is 5.04. The number of aryl methyl sites for hydroxylation is 1. The maximum atomic E-state index is 5.80. The maximum Gasteiger partial charge on any atom is 0.151 e. The summed E-state index contributed by atoms with van der Waals surface area (Å²) in [5.41, 5.74) is 0.972. The molecule has 3 heterocycles. The first-order valence-corrected chi connectivity index (χ1v) is 8.21. The standard InChI is InChI=1S/C16H26N4O/c1-13-7-8-16(19-18-13)20-9-4-5-14(12-20)17-11-15-6-2-3-10-21-15/h7-8,14-15,17H,2-6,9-12H2,1H3/t14-,15-/m0/s1. The van der Waals surface area contributed by atoms with Gasteiger partial charge in [-0.25, -0.2) is 0 Å². The van der Waals surface area contributed by atoms with E-state index in [0.29, 0.717) is 12.1 Å². The highest BCUT2D eigenvalue weighted by atomic mass is 16.5. The van der Waals surface area contributed by atoms with Gasteiger partial charge in [-0.1, -0.05) is 0 Å². The van der Waals surface area contributed by atoms with Crippen LogP contribution >= 0.6 is 0 Å². The number of piperidine rings is 1. The second-order valence-corrected chi connectivity index (χ2v) is 6.21. The molecule has 1 N–H and O–H groups in total. The second-order valence-electron chi connectivity index (χ2n) is 6.21. The number of hydrogen-bond donors (Lipinski definition) is 1. The van der Waals surface area contributed by atoms with Gasteiger partial charge in [-0.05, 0) is 51.2 Å². The van der Waals surface area contributed by atoms with E-state index in [1.165, 1.54) is 32.1 Å². The minimum absolute atomic E-state index is 0.410. The quantitative estimate of drug-likeness (QED) is 0.918. The summed E-state index contributed by atoms with van der Waals surface area (Å²) in [5, 5.41) is 12.2. The molecule has 0 amide bonds. The predicted molar refractivity (Wildman–Crippen MR) is 83.6 cm³/mol. The molecule has 0 radical (unpaired) electrons. The summed E-state index contributed by atoms with van der Waals surface area (Å²) in [6, 6.07) is 4.65. The molecule has 116 valence electrons. The van der Waals surface area contributed by atoms with Crippen molar-refractivity contribution in [1.82, 2.24) is 15.5 Å². The van der Waals surface area contributed by atoms with E-state index in [0.717, 1.165) is 37.8 Å². The number of anilines is 1. The van der Waals surface area contributed by atoms with Crippen molar-refractivity contribution in [3.8, 4) is 0 Å². The van der Waals surface area contributed by atoms with Crippen LogP contribution in [-0.4, -0.2) is 48.6 Å². The van der Waals surface area contributed by atoms with Gasteiger partial charge in [-0.3, -0.25) is 0 Å². The van der Waals surface area contributed by atoms with Crippen LogP contribution in [0.1, 0.15) is 37.8 Å². The summed E-state index contributed by atoms with van der Waals surface area (Å²) in [4.78, 5) is 2.34. The molecule has 2 fully saturated rings. The Morgan fingerprint density at radius 1 is 1.24 bits per heavy atom. The van der Waals surface area contributed by atoms with Crippen molar-refractivity contribution in [2.75, 3.05) is 31.1 Å². The molecule has 2 atom stereocenters. The minimum Gasteiger partial charge on any atom is -0.377 e. The third kappa shape index (κ3) is 4.14. The maximum absolute atomic E-state index is 5.80. The fraction of sp³-hybridized carbons (Fsp3) is 0.750. The number of nitrogens with one attached hydrogen (secondary N) is 1. The van der Waals surface area contributed by atoms with Crippen molar-refractivity contribution in [2.45, 2.75) is 51.2 Å². The van der Waals surface area contributed by atoms with Crippen molar-refractivity contribution in [3.63, 3.8) is 0 Å². The van der Waals surface area contributed by atoms with Crippen LogP contribution in [0.5, 0.6) is 0 Å². The molecular formula is C16H26N4O. The van der Waals surface area contributed by atoms with E-state index in [1.807, 2.05) is 13.0 Å². The van der Waals surface area contributed by atoms with Crippen LogP contribution in [0.25, 0.3) is 0 Å². The molecule has 2 aliphatic rings. The van der Waals surface area contributed by atoms with Crippen molar-refractivity contribution >= 4 is 5.82 Å². The Morgan fingerprint density at radius 3 is 2.95 bits per heavy atom. The number of rotatable bonds is 4. The molecule has 0 bridgehead atoms. The molecule has 2 aliphatic heterocycles. The molecule has 3 rings (SSSR count). The lowest BCUT2D eigenvalue weighted by Crippen LogP contribution is -2.48. The normalized spacial score (nSPS) is 26.8. The van der Waals surface area contributed by atoms with E-state index in [2.05, 4.69) is 26.5 Å². The zero-order valence-corrected chi connectivity index (χ0v) is 12.9. The zero-order chi connectivity index (χ0) is 14.5. The summed E-state index contributed by atoms with van der Waals surface area (Å²) in [7, 11) is 0. The summed E-state index contributed by atoms with van der Waals surface area (Å²) >= 11 is 0. The molecule has 1 aromatic rings. The van der Waals surface area contributed by atoms with Crippen LogP contribution in [0.15, 0.2) is 12.1 Å². The fourth-order valence-electron chi connectivity index (χ4n) is 3.18. The Hall–Kier alpha value is -1.20. The number of aromatic nitrogens is 2. The minimum atomic E-state index is 0.410. The topological polar surface area (TPSA) is 50.3 Å². The Morgan fingerprint density at radius 2 is 2.19 bits per heavy atom. The molecule has 21 heavy (non-hydrogen) atoms. The molecule has 0 aromatic carbocycles. The molecule has 2 saturated heterocycles. The van der Waals surface area contributed by atoms with Gasteiger partial charge < -0.3 is 15.0 Å². The number of hydrogen-bond acceptors (Lipinski definition) is 5. The first kappa shape index (κ1) is 14.7. The summed E-state index contributed by atoms with van der Waals surface area (Å²) in [5.74, 6) is 1.00. The Labute approximate surface area is 127 Å². The predicted octanol–water partition coefficient (Wildman–Crippen LogP) is 1.91. The van der Waals surface area contributed by atoms with E-state index < -0.39 is 0 Å². The summed E-state index contributed by atoms with van der Waals surface area (Å²) < 4.78 is 5.80. The van der Waals surface area contributed by atoms with Gasteiger partial charge in [0.15, 0.2) is 5.82 Å². The van der Waals surface area contributed by atoms with Crippen LogP contribution in [-0.2, 0) is 4.74 Å². The van der Waals surface area contributed by atoms with E-state index in [9.17, 15) is 0 Å². The van der Waals surface area contributed by atoms with Crippen LogP contribution < -0.4 is 10.2 Å². The van der Waals surface area contributed by atoms with Gasteiger partial charge in [-0.15, -0.1) is 5.10 Å². The first-order chi connectivity index (χ1) is 10.3. The van der Waals surface area contributed by atoms with Crippen LogP contribution in [0.2, 0.25) is 0 Å². The highest BCUT2D eigenvalue weighted by Gasteiger charge is 2.22. The molecule has 5 heteroatoms. The second kappa shape index (κ2) is 7.18. The third-order valence-electron chi connectivity index (χ3n) is 4.44. The lowest BCUT2D eigenvalue weighted by molar-refractivity contribution is 0.0151. The molecule has 5 nitrogen and oxygen atoms in total. The molecule has 0 unspecified atom stereocenters. The van der Waals surface area contributed by atoms with Crippen molar-refractivity contribution in [1.29, 1.82) is 0 Å².